The highest BCUT2D eigenvalue weighted by Crippen LogP contribution is 2.37. The molecule has 2 heterocycles. The molecule has 1 fully saturated rings. The molecule has 2 aliphatic rings. The van der Waals surface area contributed by atoms with Crippen molar-refractivity contribution < 1.29 is 14.4 Å². The molecule has 202 valence electrons. The smallest absolute Gasteiger partial charge is 0.321 e. The predicted molar refractivity (Wildman–Crippen MR) is 156 cm³/mol. The zero-order valence-electron chi connectivity index (χ0n) is 20.8. The fraction of sp³-hybridized carbons (Fsp3) is 0.250. The fourth-order valence-electron chi connectivity index (χ4n) is 4.65. The van der Waals surface area contributed by atoms with Crippen LogP contribution in [-0.2, 0) is 9.63 Å². The zero-order chi connectivity index (χ0) is 27.4. The Kier molecular flexibility index (Phi) is 8.45. The van der Waals surface area contributed by atoms with Crippen LogP contribution >= 0.6 is 34.8 Å². The van der Waals surface area contributed by atoms with Crippen LogP contribution in [-0.4, -0.2) is 53.6 Å². The van der Waals surface area contributed by atoms with Gasteiger partial charge in [0.05, 0.1) is 10.7 Å². The van der Waals surface area contributed by atoms with Crippen LogP contribution in [0.3, 0.4) is 0 Å². The molecule has 0 spiro atoms. The van der Waals surface area contributed by atoms with E-state index in [0.717, 1.165) is 28.2 Å². The van der Waals surface area contributed by atoms with E-state index in [2.05, 4.69) is 20.7 Å². The van der Waals surface area contributed by atoms with E-state index in [-0.39, 0.29) is 12.1 Å². The zero-order valence-corrected chi connectivity index (χ0v) is 23.1. The number of anilines is 3. The predicted octanol–water partition coefficient (Wildman–Crippen LogP) is 6.30. The van der Waals surface area contributed by atoms with E-state index >= 15 is 0 Å². The van der Waals surface area contributed by atoms with Crippen molar-refractivity contribution in [3.63, 3.8) is 0 Å². The number of hydrogen-bond acceptors (Lipinski definition) is 5. The highest BCUT2D eigenvalue weighted by atomic mass is 35.5. The quantitative estimate of drug-likeness (QED) is 0.332. The lowest BCUT2D eigenvalue weighted by Crippen LogP contribution is -2.50. The molecule has 0 bridgehead atoms. The van der Waals surface area contributed by atoms with Crippen LogP contribution in [0.1, 0.15) is 23.7 Å². The second kappa shape index (κ2) is 12.2. The van der Waals surface area contributed by atoms with Crippen molar-refractivity contribution in [2.24, 2.45) is 5.16 Å². The Morgan fingerprint density at radius 3 is 2.36 bits per heavy atom. The average molecular weight is 587 g/mol. The molecule has 3 amide bonds. The van der Waals surface area contributed by atoms with Gasteiger partial charge in [0, 0.05) is 55.2 Å². The average Bonchev–Trinajstić information content (AvgIpc) is 3.43. The molecule has 5 rings (SSSR count). The number of benzene rings is 3. The Hall–Kier alpha value is -3.46. The van der Waals surface area contributed by atoms with E-state index in [1.807, 2.05) is 71.6 Å². The van der Waals surface area contributed by atoms with Gasteiger partial charge >= 0.3 is 6.03 Å². The largest absolute Gasteiger partial charge is 0.387 e. The van der Waals surface area contributed by atoms with Gasteiger partial charge in [-0.25, -0.2) is 4.79 Å². The SMILES string of the molecule is O=C(Nc1cccc(C2CC(c3c(Cl)cccc3N3CCN(C(=O)Nc4ccccc4)CC3)=NO2)c1)C(Cl)Cl. The first-order chi connectivity index (χ1) is 18.9. The molecule has 2 aliphatic heterocycles. The third-order valence-electron chi connectivity index (χ3n) is 6.61. The molecule has 3 aromatic carbocycles. The number of carbonyl (C=O) groups excluding carboxylic acids is 2. The number of alkyl halides is 2. The molecular weight excluding hydrogens is 561 g/mol. The van der Waals surface area contributed by atoms with Gasteiger partial charge in [-0.2, -0.15) is 0 Å². The second-order valence-electron chi connectivity index (χ2n) is 9.16. The normalized spacial score (nSPS) is 17.0. The Morgan fingerprint density at radius 1 is 0.897 bits per heavy atom. The molecule has 2 N–H and O–H groups in total. The Labute approximate surface area is 241 Å². The molecule has 0 aliphatic carbocycles. The molecule has 39 heavy (non-hydrogen) atoms. The van der Waals surface area contributed by atoms with Crippen molar-refractivity contribution in [2.75, 3.05) is 41.7 Å². The fourth-order valence-corrected chi connectivity index (χ4v) is 5.04. The third kappa shape index (κ3) is 6.41. The van der Waals surface area contributed by atoms with E-state index in [1.165, 1.54) is 0 Å². The lowest BCUT2D eigenvalue weighted by Gasteiger charge is -2.37. The number of rotatable bonds is 6. The summed E-state index contributed by atoms with van der Waals surface area (Å²) in [6.45, 7) is 2.44. The van der Waals surface area contributed by atoms with Crippen molar-refractivity contribution in [2.45, 2.75) is 17.4 Å². The van der Waals surface area contributed by atoms with Crippen LogP contribution in [0.15, 0.2) is 78.0 Å². The molecule has 3 aromatic rings. The summed E-state index contributed by atoms with van der Waals surface area (Å²) >= 11 is 18.0. The monoisotopic (exact) mass is 585 g/mol. The van der Waals surface area contributed by atoms with Crippen LogP contribution in [0.4, 0.5) is 21.9 Å². The Bertz CT molecular complexity index is 1380. The summed E-state index contributed by atoms with van der Waals surface area (Å²) in [4.78, 5) is 33.3. The lowest BCUT2D eigenvalue weighted by molar-refractivity contribution is -0.114. The first-order valence-corrected chi connectivity index (χ1v) is 13.7. The Morgan fingerprint density at radius 2 is 1.62 bits per heavy atom. The van der Waals surface area contributed by atoms with Gasteiger partial charge in [0.1, 0.15) is 0 Å². The van der Waals surface area contributed by atoms with E-state index in [9.17, 15) is 9.59 Å². The van der Waals surface area contributed by atoms with Gasteiger partial charge in [0.25, 0.3) is 5.91 Å². The van der Waals surface area contributed by atoms with E-state index in [4.69, 9.17) is 39.6 Å². The van der Waals surface area contributed by atoms with Crippen LogP contribution in [0.25, 0.3) is 0 Å². The number of hydrogen-bond donors (Lipinski definition) is 2. The highest BCUT2D eigenvalue weighted by molar-refractivity contribution is 6.54. The molecule has 0 aromatic heterocycles. The summed E-state index contributed by atoms with van der Waals surface area (Å²) in [7, 11) is 0. The van der Waals surface area contributed by atoms with Gasteiger partial charge in [0.2, 0.25) is 0 Å². The topological polar surface area (TPSA) is 86.3 Å². The summed E-state index contributed by atoms with van der Waals surface area (Å²) in [6, 6.07) is 22.4. The van der Waals surface area contributed by atoms with Crippen molar-refractivity contribution in [1.29, 1.82) is 0 Å². The molecule has 0 saturated carbocycles. The minimum Gasteiger partial charge on any atom is -0.387 e. The number of urea groups is 1. The number of nitrogens with zero attached hydrogens (tertiary/aromatic N) is 3. The van der Waals surface area contributed by atoms with Crippen LogP contribution in [0.5, 0.6) is 0 Å². The maximum absolute atomic E-state index is 12.7. The molecule has 0 radical (unpaired) electrons. The van der Waals surface area contributed by atoms with E-state index in [1.54, 1.807) is 6.07 Å². The third-order valence-corrected chi connectivity index (χ3v) is 7.32. The molecule has 1 saturated heterocycles. The van der Waals surface area contributed by atoms with Gasteiger partial charge in [-0.1, -0.05) is 76.4 Å². The summed E-state index contributed by atoms with van der Waals surface area (Å²) < 4.78 is 0. The summed E-state index contributed by atoms with van der Waals surface area (Å²) in [6.07, 6.45) is 0.156. The molecule has 1 unspecified atom stereocenters. The number of oxime groups is 1. The standard InChI is InChI=1S/C28H26Cl3N5O3/c29-21-10-5-11-23(35-12-14-36(15-13-35)28(38)33-19-7-2-1-3-8-19)25(21)22-17-24(39-34-22)18-6-4-9-20(16-18)32-27(37)26(30)31/h1-11,16,24,26H,12-15,17H2,(H,32,37)(H,33,38). The maximum atomic E-state index is 12.7. The molecular formula is C28H26Cl3N5O3. The Balaban J connectivity index is 1.26. The minimum atomic E-state index is -1.16. The summed E-state index contributed by atoms with van der Waals surface area (Å²) in [5.41, 5.74) is 4.68. The van der Waals surface area contributed by atoms with E-state index in [0.29, 0.717) is 43.3 Å². The second-order valence-corrected chi connectivity index (χ2v) is 10.7. The van der Waals surface area contributed by atoms with Gasteiger partial charge < -0.3 is 25.3 Å². The number of amides is 3. The molecule has 1 atom stereocenters. The highest BCUT2D eigenvalue weighted by Gasteiger charge is 2.30. The minimum absolute atomic E-state index is 0.116. The number of nitrogens with one attached hydrogen (secondary N) is 2. The first kappa shape index (κ1) is 27.1. The van der Waals surface area contributed by atoms with E-state index < -0.39 is 10.7 Å². The van der Waals surface area contributed by atoms with Crippen LogP contribution in [0.2, 0.25) is 5.02 Å². The number of para-hydroxylation sites is 1. The van der Waals surface area contributed by atoms with Crippen molar-refractivity contribution in [1.82, 2.24) is 4.90 Å². The first-order valence-electron chi connectivity index (χ1n) is 12.5. The van der Waals surface area contributed by atoms with Gasteiger partial charge in [-0.05, 0) is 42.0 Å². The summed E-state index contributed by atoms with van der Waals surface area (Å²) in [5, 5.41) is 10.6. The number of piperazine rings is 1. The van der Waals surface area contributed by atoms with Gasteiger partial charge in [-0.3, -0.25) is 4.79 Å². The number of carbonyl (C=O) groups is 2. The van der Waals surface area contributed by atoms with Gasteiger partial charge in [0.15, 0.2) is 10.9 Å². The van der Waals surface area contributed by atoms with Gasteiger partial charge in [-0.15, -0.1) is 0 Å². The van der Waals surface area contributed by atoms with Crippen LogP contribution < -0.4 is 15.5 Å². The summed E-state index contributed by atoms with van der Waals surface area (Å²) in [5.74, 6) is -0.502. The molecule has 8 nitrogen and oxygen atoms in total. The number of halogens is 3. The van der Waals surface area contributed by atoms with Crippen LogP contribution in [0, 0.1) is 0 Å². The van der Waals surface area contributed by atoms with Crippen molar-refractivity contribution in [3.05, 3.63) is 88.9 Å². The molecule has 11 heteroatoms. The van der Waals surface area contributed by atoms with Crippen molar-refractivity contribution in [3.8, 4) is 0 Å². The lowest BCUT2D eigenvalue weighted by atomic mass is 9.98. The maximum Gasteiger partial charge on any atom is 0.321 e. The van der Waals surface area contributed by atoms with Crippen molar-refractivity contribution >= 4 is 69.5 Å².